The Labute approximate surface area is 158 Å². The molecule has 0 aliphatic carbocycles. The number of rotatable bonds is 7. The van der Waals surface area contributed by atoms with E-state index in [0.717, 1.165) is 12.0 Å². The lowest BCUT2D eigenvalue weighted by Crippen LogP contribution is -2.26. The molecule has 0 saturated carbocycles. The average Bonchev–Trinajstić information content (AvgIpc) is 3.15. The third kappa shape index (κ3) is 4.82. The van der Waals surface area contributed by atoms with E-state index in [0.29, 0.717) is 36.6 Å². The number of carbonyl (C=O) groups is 1. The molecule has 0 unspecified atom stereocenters. The second-order valence-electron chi connectivity index (χ2n) is 6.52. The van der Waals surface area contributed by atoms with Gasteiger partial charge in [0.25, 0.3) is 0 Å². The Bertz CT molecular complexity index is 903. The summed E-state index contributed by atoms with van der Waals surface area (Å²) in [5.41, 5.74) is 2.75. The molecule has 2 aromatic carbocycles. The van der Waals surface area contributed by atoms with Crippen LogP contribution in [0.1, 0.15) is 30.4 Å². The van der Waals surface area contributed by atoms with E-state index in [4.69, 9.17) is 4.42 Å². The van der Waals surface area contributed by atoms with Gasteiger partial charge in [-0.15, -0.1) is 0 Å². The summed E-state index contributed by atoms with van der Waals surface area (Å²) < 4.78 is 19.4. The predicted octanol–water partition coefficient (Wildman–Crippen LogP) is 4.63. The Morgan fingerprint density at radius 3 is 2.52 bits per heavy atom. The summed E-state index contributed by atoms with van der Waals surface area (Å²) in [6.07, 6.45) is 3.17. The number of hydrogen-bond donors (Lipinski definition) is 0. The molecule has 1 amide bonds. The van der Waals surface area contributed by atoms with Gasteiger partial charge in [-0.1, -0.05) is 43.3 Å². The van der Waals surface area contributed by atoms with Gasteiger partial charge in [-0.2, -0.15) is 0 Å². The highest BCUT2D eigenvalue weighted by atomic mass is 19.1. The van der Waals surface area contributed by atoms with Crippen LogP contribution in [0.3, 0.4) is 0 Å². The van der Waals surface area contributed by atoms with Gasteiger partial charge in [0, 0.05) is 26.4 Å². The Morgan fingerprint density at radius 1 is 1.11 bits per heavy atom. The highest BCUT2D eigenvalue weighted by Gasteiger charge is 2.14. The van der Waals surface area contributed by atoms with E-state index in [-0.39, 0.29) is 11.7 Å². The van der Waals surface area contributed by atoms with Crippen molar-refractivity contribution in [1.29, 1.82) is 0 Å². The zero-order chi connectivity index (χ0) is 19.2. The lowest BCUT2D eigenvalue weighted by Gasteiger charge is -2.17. The quantitative estimate of drug-likeness (QED) is 0.612. The van der Waals surface area contributed by atoms with Crippen molar-refractivity contribution in [1.82, 2.24) is 9.88 Å². The number of carbonyl (C=O) groups excluding carboxylic acids is 1. The van der Waals surface area contributed by atoms with Gasteiger partial charge >= 0.3 is 0 Å². The zero-order valence-corrected chi connectivity index (χ0v) is 15.6. The van der Waals surface area contributed by atoms with Gasteiger partial charge in [0.05, 0.1) is 11.8 Å². The van der Waals surface area contributed by atoms with Crippen LogP contribution in [0.15, 0.2) is 59.1 Å². The molecule has 0 aliphatic heterocycles. The molecule has 140 valence electrons. The molecular formula is C22H23FN2O2. The molecule has 27 heavy (non-hydrogen) atoms. The first kappa shape index (κ1) is 18.8. The lowest BCUT2D eigenvalue weighted by atomic mass is 10.1. The summed E-state index contributed by atoms with van der Waals surface area (Å²) in [4.78, 5) is 18.2. The van der Waals surface area contributed by atoms with Crippen LogP contribution in [0.2, 0.25) is 0 Å². The lowest BCUT2D eigenvalue weighted by molar-refractivity contribution is -0.130. The van der Waals surface area contributed by atoms with Crippen molar-refractivity contribution in [2.24, 2.45) is 0 Å². The second kappa shape index (κ2) is 8.62. The maximum absolute atomic E-state index is 13.8. The molecule has 5 heteroatoms. The molecule has 0 aliphatic rings. The van der Waals surface area contributed by atoms with Crippen molar-refractivity contribution in [2.75, 3.05) is 7.05 Å². The van der Waals surface area contributed by atoms with E-state index >= 15 is 0 Å². The Balaban J connectivity index is 1.55. The summed E-state index contributed by atoms with van der Waals surface area (Å²) >= 11 is 0. The SMILES string of the molecule is CCc1ccc(CN(C)C(=O)CCc2ncc(-c3ccccc3F)o2)cc1. The number of aromatic nitrogens is 1. The number of hydrogen-bond acceptors (Lipinski definition) is 3. The minimum Gasteiger partial charge on any atom is -0.441 e. The van der Waals surface area contributed by atoms with Crippen LogP contribution in [0.5, 0.6) is 0 Å². The summed E-state index contributed by atoms with van der Waals surface area (Å²) in [5, 5.41) is 0. The normalized spacial score (nSPS) is 10.8. The van der Waals surface area contributed by atoms with Crippen molar-refractivity contribution >= 4 is 5.91 Å². The standard InChI is InChI=1S/C22H23FN2O2/c1-3-16-8-10-17(11-9-16)15-25(2)22(26)13-12-21-24-14-20(27-21)18-6-4-5-7-19(18)23/h4-11,14H,3,12-13,15H2,1-2H3. The molecule has 3 aromatic rings. The minimum absolute atomic E-state index is 0.0141. The fourth-order valence-corrected chi connectivity index (χ4v) is 2.86. The van der Waals surface area contributed by atoms with E-state index in [1.165, 1.54) is 17.8 Å². The van der Waals surface area contributed by atoms with Crippen LogP contribution >= 0.6 is 0 Å². The summed E-state index contributed by atoms with van der Waals surface area (Å²) in [7, 11) is 1.79. The van der Waals surface area contributed by atoms with Gasteiger partial charge in [-0.3, -0.25) is 4.79 Å². The van der Waals surface area contributed by atoms with Crippen molar-refractivity contribution in [3.8, 4) is 11.3 Å². The van der Waals surface area contributed by atoms with Crippen LogP contribution in [0.4, 0.5) is 4.39 Å². The van der Waals surface area contributed by atoms with Crippen LogP contribution in [0.25, 0.3) is 11.3 Å². The monoisotopic (exact) mass is 366 g/mol. The summed E-state index contributed by atoms with van der Waals surface area (Å²) in [5.74, 6) is 0.465. The van der Waals surface area contributed by atoms with E-state index in [2.05, 4.69) is 36.2 Å². The largest absolute Gasteiger partial charge is 0.441 e. The molecule has 0 N–H and O–H groups in total. The Kier molecular flexibility index (Phi) is 6.01. The van der Waals surface area contributed by atoms with E-state index in [1.54, 1.807) is 30.1 Å². The molecule has 0 fully saturated rings. The van der Waals surface area contributed by atoms with Crippen LogP contribution in [-0.4, -0.2) is 22.8 Å². The third-order valence-corrected chi connectivity index (χ3v) is 4.52. The smallest absolute Gasteiger partial charge is 0.223 e. The predicted molar refractivity (Wildman–Crippen MR) is 103 cm³/mol. The molecule has 0 bridgehead atoms. The molecular weight excluding hydrogens is 343 g/mol. The van der Waals surface area contributed by atoms with Gasteiger partial charge in [0.2, 0.25) is 5.91 Å². The van der Waals surface area contributed by atoms with E-state index in [9.17, 15) is 9.18 Å². The Morgan fingerprint density at radius 2 is 1.81 bits per heavy atom. The number of nitrogens with zero attached hydrogens (tertiary/aromatic N) is 2. The molecule has 0 radical (unpaired) electrons. The van der Waals surface area contributed by atoms with Crippen LogP contribution in [-0.2, 0) is 24.2 Å². The topological polar surface area (TPSA) is 46.3 Å². The second-order valence-corrected chi connectivity index (χ2v) is 6.52. The van der Waals surface area contributed by atoms with Crippen LogP contribution in [0, 0.1) is 5.82 Å². The van der Waals surface area contributed by atoms with Gasteiger partial charge in [0.15, 0.2) is 11.7 Å². The first-order valence-electron chi connectivity index (χ1n) is 9.08. The van der Waals surface area contributed by atoms with E-state index in [1.807, 2.05) is 0 Å². The van der Waals surface area contributed by atoms with Gasteiger partial charge in [-0.25, -0.2) is 9.37 Å². The minimum atomic E-state index is -0.356. The molecule has 1 heterocycles. The molecule has 0 spiro atoms. The number of aryl methyl sites for hydroxylation is 2. The average molecular weight is 366 g/mol. The van der Waals surface area contributed by atoms with E-state index < -0.39 is 0 Å². The summed E-state index contributed by atoms with van der Waals surface area (Å²) in [6.45, 7) is 2.68. The fraction of sp³-hybridized carbons (Fsp3) is 0.273. The van der Waals surface area contributed by atoms with Gasteiger partial charge in [-0.05, 0) is 29.7 Å². The molecule has 4 nitrogen and oxygen atoms in total. The maximum atomic E-state index is 13.8. The number of oxazole rings is 1. The number of benzene rings is 2. The first-order valence-corrected chi connectivity index (χ1v) is 9.08. The van der Waals surface area contributed by atoms with Crippen molar-refractivity contribution in [3.63, 3.8) is 0 Å². The molecule has 0 saturated heterocycles. The number of halogens is 1. The van der Waals surface area contributed by atoms with Gasteiger partial charge in [0.1, 0.15) is 5.82 Å². The third-order valence-electron chi connectivity index (χ3n) is 4.52. The fourth-order valence-electron chi connectivity index (χ4n) is 2.86. The maximum Gasteiger partial charge on any atom is 0.223 e. The Hall–Kier alpha value is -2.95. The van der Waals surface area contributed by atoms with Crippen molar-refractivity contribution in [2.45, 2.75) is 32.7 Å². The highest BCUT2D eigenvalue weighted by Crippen LogP contribution is 2.23. The van der Waals surface area contributed by atoms with Crippen LogP contribution < -0.4 is 0 Å². The first-order chi connectivity index (χ1) is 13.1. The van der Waals surface area contributed by atoms with Crippen molar-refractivity contribution in [3.05, 3.63) is 77.6 Å². The number of amides is 1. The summed E-state index contributed by atoms with van der Waals surface area (Å²) in [6, 6.07) is 14.7. The molecule has 0 atom stereocenters. The van der Waals surface area contributed by atoms with Crippen molar-refractivity contribution < 1.29 is 13.6 Å². The molecule has 1 aromatic heterocycles. The highest BCUT2D eigenvalue weighted by molar-refractivity contribution is 5.76. The zero-order valence-electron chi connectivity index (χ0n) is 15.6. The molecule has 3 rings (SSSR count). The van der Waals surface area contributed by atoms with Gasteiger partial charge < -0.3 is 9.32 Å².